The Labute approximate surface area is 90.6 Å². The van der Waals surface area contributed by atoms with Gasteiger partial charge in [-0.2, -0.15) is 5.10 Å². The summed E-state index contributed by atoms with van der Waals surface area (Å²) in [5.41, 5.74) is 8.15. The van der Waals surface area contributed by atoms with E-state index in [4.69, 9.17) is 5.73 Å². The zero-order valence-corrected chi connectivity index (χ0v) is 8.25. The second-order valence-electron chi connectivity index (χ2n) is 3.29. The number of nitrogens with zero attached hydrogens (tertiary/aromatic N) is 4. The summed E-state index contributed by atoms with van der Waals surface area (Å²) in [6, 6.07) is 3.75. The highest BCUT2D eigenvalue weighted by Gasteiger charge is 2.11. The van der Waals surface area contributed by atoms with E-state index in [1.807, 2.05) is 12.1 Å². The summed E-state index contributed by atoms with van der Waals surface area (Å²) in [6.07, 6.45) is 4.82. The van der Waals surface area contributed by atoms with Gasteiger partial charge in [-0.15, -0.1) is 0 Å². The van der Waals surface area contributed by atoms with E-state index in [0.717, 1.165) is 16.6 Å². The lowest BCUT2D eigenvalue weighted by molar-refractivity contribution is 1.09. The second-order valence-corrected chi connectivity index (χ2v) is 3.29. The number of nitrogens with one attached hydrogen (secondary N) is 1. The second kappa shape index (κ2) is 3.27. The molecule has 0 aromatic carbocycles. The van der Waals surface area contributed by atoms with Crippen molar-refractivity contribution in [2.45, 2.75) is 0 Å². The molecule has 0 aliphatic heterocycles. The minimum atomic E-state index is 0.422. The lowest BCUT2D eigenvalue weighted by atomic mass is 10.1. The maximum atomic E-state index is 5.81. The Morgan fingerprint density at radius 2 is 1.94 bits per heavy atom. The number of fused-ring (bicyclic) bond motifs is 1. The first-order valence-corrected chi connectivity index (χ1v) is 4.71. The molecular weight excluding hydrogens is 204 g/mol. The topological polar surface area (TPSA) is 93.4 Å². The lowest BCUT2D eigenvalue weighted by Gasteiger charge is -1.98. The van der Waals surface area contributed by atoms with Crippen molar-refractivity contribution in [3.05, 3.63) is 30.9 Å². The van der Waals surface area contributed by atoms with Gasteiger partial charge in [-0.3, -0.25) is 10.1 Å². The van der Waals surface area contributed by atoms with Crippen molar-refractivity contribution < 1.29 is 0 Å². The van der Waals surface area contributed by atoms with Gasteiger partial charge in [0, 0.05) is 18.0 Å². The van der Waals surface area contributed by atoms with E-state index >= 15 is 0 Å². The molecule has 0 fully saturated rings. The Morgan fingerprint density at radius 1 is 1.12 bits per heavy atom. The highest BCUT2D eigenvalue weighted by atomic mass is 15.2. The summed E-state index contributed by atoms with van der Waals surface area (Å²) in [5, 5.41) is 7.73. The molecule has 0 aliphatic carbocycles. The molecule has 0 spiro atoms. The first-order valence-electron chi connectivity index (χ1n) is 4.71. The van der Waals surface area contributed by atoms with Gasteiger partial charge in [0.1, 0.15) is 12.1 Å². The van der Waals surface area contributed by atoms with E-state index < -0.39 is 0 Å². The molecular formula is C10H8N6. The predicted octanol–water partition coefficient (Wildman–Crippen LogP) is 0.997. The van der Waals surface area contributed by atoms with E-state index in [-0.39, 0.29) is 0 Å². The number of rotatable bonds is 1. The van der Waals surface area contributed by atoms with Crippen LogP contribution >= 0.6 is 0 Å². The first-order chi connectivity index (χ1) is 7.86. The van der Waals surface area contributed by atoms with E-state index in [2.05, 4.69) is 25.1 Å². The van der Waals surface area contributed by atoms with Gasteiger partial charge in [0.15, 0.2) is 5.65 Å². The standard InChI is InChI=1S/C10H8N6/c11-9-7-8(6-1-3-12-4-2-6)15-16-10(7)14-5-13-9/h1-5H,(H3,11,13,14,15,16). The average molecular weight is 212 g/mol. The van der Waals surface area contributed by atoms with Crippen LogP contribution in [-0.2, 0) is 0 Å². The number of H-pyrrole nitrogens is 1. The fourth-order valence-corrected chi connectivity index (χ4v) is 1.61. The molecule has 3 N–H and O–H groups in total. The van der Waals surface area contributed by atoms with Crippen molar-refractivity contribution in [2.75, 3.05) is 5.73 Å². The summed E-state index contributed by atoms with van der Waals surface area (Å²) in [5.74, 6) is 0.422. The molecule has 0 saturated heterocycles. The molecule has 0 radical (unpaired) electrons. The Balaban J connectivity index is 2.33. The van der Waals surface area contributed by atoms with Crippen molar-refractivity contribution >= 4 is 16.9 Å². The van der Waals surface area contributed by atoms with Crippen molar-refractivity contribution in [1.82, 2.24) is 25.1 Å². The first kappa shape index (κ1) is 8.78. The lowest BCUT2D eigenvalue weighted by Crippen LogP contribution is -1.92. The molecule has 6 heteroatoms. The molecule has 0 amide bonds. The van der Waals surface area contributed by atoms with Gasteiger partial charge in [0.05, 0.1) is 11.1 Å². The van der Waals surface area contributed by atoms with Gasteiger partial charge in [-0.25, -0.2) is 9.97 Å². The van der Waals surface area contributed by atoms with Crippen LogP contribution in [-0.4, -0.2) is 25.1 Å². The fraction of sp³-hybridized carbons (Fsp3) is 0. The van der Waals surface area contributed by atoms with Gasteiger partial charge in [-0.1, -0.05) is 0 Å². The van der Waals surface area contributed by atoms with Crippen LogP contribution in [0, 0.1) is 0 Å². The summed E-state index contributed by atoms with van der Waals surface area (Å²) in [7, 11) is 0. The van der Waals surface area contributed by atoms with E-state index in [0.29, 0.717) is 11.5 Å². The van der Waals surface area contributed by atoms with Gasteiger partial charge < -0.3 is 5.73 Å². The number of anilines is 1. The molecule has 0 saturated carbocycles. The number of aromatic amines is 1. The van der Waals surface area contributed by atoms with Crippen LogP contribution in [0.3, 0.4) is 0 Å². The third kappa shape index (κ3) is 1.20. The molecule has 16 heavy (non-hydrogen) atoms. The number of hydrogen-bond donors (Lipinski definition) is 2. The molecule has 78 valence electrons. The van der Waals surface area contributed by atoms with Crippen LogP contribution in [0.4, 0.5) is 5.82 Å². The maximum Gasteiger partial charge on any atom is 0.186 e. The third-order valence-electron chi connectivity index (χ3n) is 2.35. The Kier molecular flexibility index (Phi) is 1.79. The molecule has 0 bridgehead atoms. The molecule has 3 aromatic rings. The summed E-state index contributed by atoms with van der Waals surface area (Å²) in [6.45, 7) is 0. The van der Waals surface area contributed by atoms with Gasteiger partial charge in [-0.05, 0) is 12.1 Å². The Bertz CT molecular complexity index is 630. The largest absolute Gasteiger partial charge is 0.383 e. The number of hydrogen-bond acceptors (Lipinski definition) is 5. The molecule has 3 heterocycles. The number of nitrogen functional groups attached to an aromatic ring is 1. The van der Waals surface area contributed by atoms with Gasteiger partial charge >= 0.3 is 0 Å². The summed E-state index contributed by atoms with van der Waals surface area (Å²) in [4.78, 5) is 12.0. The van der Waals surface area contributed by atoms with E-state index in [9.17, 15) is 0 Å². The number of aromatic nitrogens is 5. The van der Waals surface area contributed by atoms with Crippen LogP contribution in [0.5, 0.6) is 0 Å². The fourth-order valence-electron chi connectivity index (χ4n) is 1.61. The average Bonchev–Trinajstić information content (AvgIpc) is 2.75. The third-order valence-corrected chi connectivity index (χ3v) is 2.35. The van der Waals surface area contributed by atoms with E-state index in [1.165, 1.54) is 6.33 Å². The van der Waals surface area contributed by atoms with Crippen molar-refractivity contribution in [2.24, 2.45) is 0 Å². The van der Waals surface area contributed by atoms with E-state index in [1.54, 1.807) is 12.4 Å². The van der Waals surface area contributed by atoms with Crippen LogP contribution in [0.2, 0.25) is 0 Å². The highest BCUT2D eigenvalue weighted by molar-refractivity contribution is 5.97. The molecule has 3 aromatic heterocycles. The quantitative estimate of drug-likeness (QED) is 0.627. The van der Waals surface area contributed by atoms with Crippen molar-refractivity contribution in [3.63, 3.8) is 0 Å². The van der Waals surface area contributed by atoms with Crippen molar-refractivity contribution in [1.29, 1.82) is 0 Å². The number of nitrogens with two attached hydrogens (primary N) is 1. The summed E-state index contributed by atoms with van der Waals surface area (Å²) >= 11 is 0. The molecule has 0 aliphatic rings. The summed E-state index contributed by atoms with van der Waals surface area (Å²) < 4.78 is 0. The van der Waals surface area contributed by atoms with Crippen LogP contribution < -0.4 is 5.73 Å². The number of pyridine rings is 1. The maximum absolute atomic E-state index is 5.81. The monoisotopic (exact) mass is 212 g/mol. The van der Waals surface area contributed by atoms with Crippen LogP contribution in [0.1, 0.15) is 0 Å². The molecule has 6 nitrogen and oxygen atoms in total. The SMILES string of the molecule is Nc1ncnc2n[nH]c(-c3ccncc3)c12. The minimum Gasteiger partial charge on any atom is -0.383 e. The Hall–Kier alpha value is -2.50. The van der Waals surface area contributed by atoms with Crippen LogP contribution in [0.15, 0.2) is 30.9 Å². The predicted molar refractivity (Wildman–Crippen MR) is 59.3 cm³/mol. The van der Waals surface area contributed by atoms with Crippen LogP contribution in [0.25, 0.3) is 22.3 Å². The molecule has 0 atom stereocenters. The molecule has 0 unspecified atom stereocenters. The van der Waals surface area contributed by atoms with Crippen molar-refractivity contribution in [3.8, 4) is 11.3 Å². The zero-order chi connectivity index (χ0) is 11.0. The minimum absolute atomic E-state index is 0.422. The molecule has 3 rings (SSSR count). The van der Waals surface area contributed by atoms with Gasteiger partial charge in [0.25, 0.3) is 0 Å². The normalized spacial score (nSPS) is 10.8. The smallest absolute Gasteiger partial charge is 0.186 e. The Morgan fingerprint density at radius 3 is 2.75 bits per heavy atom. The van der Waals surface area contributed by atoms with Gasteiger partial charge in [0.2, 0.25) is 0 Å². The highest BCUT2D eigenvalue weighted by Crippen LogP contribution is 2.27. The zero-order valence-electron chi connectivity index (χ0n) is 8.25.